The Morgan fingerprint density at radius 2 is 1.09 bits per heavy atom. The van der Waals surface area contributed by atoms with Crippen LogP contribution in [0.5, 0.6) is 0 Å². The Kier molecular flexibility index (Phi) is 15.7. The van der Waals surface area contributed by atoms with Crippen LogP contribution in [0.4, 0.5) is 0 Å². The third-order valence-electron chi connectivity index (χ3n) is 4.26. The monoisotopic (exact) mass is 489 g/mol. The maximum absolute atomic E-state index is 12.3. The number of hydrogen-bond donors (Lipinski definition) is 0. The molecular weight excluding hydrogens is 454 g/mol. The molecule has 0 bridgehead atoms. The molecule has 0 heterocycles. The van der Waals surface area contributed by atoms with E-state index < -0.39 is 60.9 Å². The molecule has 0 spiro atoms. The highest BCUT2D eigenvalue weighted by atomic mass is 16.6. The molecule has 0 aromatic rings. The van der Waals surface area contributed by atoms with Crippen molar-refractivity contribution in [2.45, 2.75) is 91.1 Å². The Hall–Kier alpha value is -3.18. The number of carbonyl (C=O) groups excluding carboxylic acids is 5. The normalized spacial score (nSPS) is 14.3. The Bertz CT molecular complexity index is 707. The van der Waals surface area contributed by atoms with Crippen LogP contribution >= 0.6 is 0 Å². The quantitative estimate of drug-likeness (QED) is 0.135. The Balaban J connectivity index is 6.55. The minimum atomic E-state index is -1.51. The highest BCUT2D eigenvalue weighted by Gasteiger charge is 2.44. The summed E-state index contributed by atoms with van der Waals surface area (Å²) in [4.78, 5) is 65.1. The van der Waals surface area contributed by atoms with Crippen molar-refractivity contribution in [1.29, 1.82) is 0 Å². The first-order chi connectivity index (χ1) is 16.2. The molecule has 0 amide bonds. The van der Waals surface area contributed by atoms with Crippen LogP contribution < -0.4 is 0 Å². The molecule has 0 saturated heterocycles. The zero-order chi connectivity index (χ0) is 26.1. The molecule has 12 heteroatoms. The second-order valence-corrected chi connectivity index (χ2v) is 6.78. The van der Waals surface area contributed by atoms with Gasteiger partial charge in [0.25, 0.3) is 0 Å². The molecule has 0 aliphatic rings. The van der Waals surface area contributed by atoms with Crippen molar-refractivity contribution in [3.8, 4) is 0 Å². The van der Waals surface area contributed by atoms with Crippen LogP contribution in [-0.2, 0) is 52.5 Å². The highest BCUT2D eigenvalue weighted by Crippen LogP contribution is 2.21. The van der Waals surface area contributed by atoms with Crippen molar-refractivity contribution in [2.24, 2.45) is 5.16 Å². The van der Waals surface area contributed by atoms with Gasteiger partial charge in [-0.2, -0.15) is 0 Å². The molecule has 0 fully saturated rings. The van der Waals surface area contributed by atoms with E-state index in [1.165, 1.54) is 27.9 Å². The lowest BCUT2D eigenvalue weighted by atomic mass is 10.0. The number of ether oxygens (including phenoxy) is 5. The number of esters is 5. The van der Waals surface area contributed by atoms with Gasteiger partial charge in [-0.05, 0) is 0 Å². The summed E-state index contributed by atoms with van der Waals surface area (Å²) < 4.78 is 26.8. The van der Waals surface area contributed by atoms with Crippen molar-refractivity contribution in [3.05, 3.63) is 0 Å². The molecule has 0 unspecified atom stereocenters. The zero-order valence-electron chi connectivity index (χ0n) is 20.6. The molecule has 12 nitrogen and oxygen atoms in total. The van der Waals surface area contributed by atoms with Gasteiger partial charge in [0.15, 0.2) is 24.4 Å². The topological polar surface area (TPSA) is 153 Å². The fraction of sp³-hybridized carbons (Fsp3) is 0.727. The standard InChI is InChI=1S/C22H35NO11/c1-7-16(24)30-13-15(32-18(26)9-3)22(34-20(28)11-5)21(33-19(27)10-4)14(12-23-29-6)31-17(25)8-2/h12,14-15,21-22H,7-11,13H2,1-6H3/t14-,15+,21+,22+/m0/s1. The molecular formula is C22H35NO11. The van der Waals surface area contributed by atoms with Gasteiger partial charge in [0, 0.05) is 32.1 Å². The van der Waals surface area contributed by atoms with Crippen LogP contribution in [0, 0.1) is 0 Å². The fourth-order valence-electron chi connectivity index (χ4n) is 2.41. The minimum absolute atomic E-state index is 0.0203. The van der Waals surface area contributed by atoms with Gasteiger partial charge in [0.2, 0.25) is 0 Å². The second kappa shape index (κ2) is 17.3. The average molecular weight is 490 g/mol. The molecule has 194 valence electrons. The maximum Gasteiger partial charge on any atom is 0.306 e. The van der Waals surface area contributed by atoms with E-state index in [4.69, 9.17) is 23.7 Å². The average Bonchev–Trinajstić information content (AvgIpc) is 2.85. The Morgan fingerprint density at radius 1 is 0.647 bits per heavy atom. The predicted molar refractivity (Wildman–Crippen MR) is 117 cm³/mol. The summed E-state index contributed by atoms with van der Waals surface area (Å²) in [5, 5.41) is 3.59. The van der Waals surface area contributed by atoms with Crippen molar-refractivity contribution in [3.63, 3.8) is 0 Å². The molecule has 0 N–H and O–H groups in total. The first kappa shape index (κ1) is 30.8. The summed E-state index contributed by atoms with van der Waals surface area (Å²) >= 11 is 0. The van der Waals surface area contributed by atoms with Crippen LogP contribution in [0.1, 0.15) is 66.7 Å². The van der Waals surface area contributed by atoms with Gasteiger partial charge in [-0.3, -0.25) is 24.0 Å². The van der Waals surface area contributed by atoms with Gasteiger partial charge < -0.3 is 28.5 Å². The van der Waals surface area contributed by atoms with Crippen LogP contribution in [0.15, 0.2) is 5.16 Å². The molecule has 0 radical (unpaired) electrons. The lowest BCUT2D eigenvalue weighted by Crippen LogP contribution is -2.54. The number of carbonyl (C=O) groups is 5. The highest BCUT2D eigenvalue weighted by molar-refractivity contribution is 5.76. The molecule has 0 saturated carbocycles. The van der Waals surface area contributed by atoms with Crippen LogP contribution in [0.3, 0.4) is 0 Å². The lowest BCUT2D eigenvalue weighted by Gasteiger charge is -2.34. The second-order valence-electron chi connectivity index (χ2n) is 6.78. The summed E-state index contributed by atoms with van der Waals surface area (Å²) in [5.74, 6) is -3.42. The first-order valence-corrected chi connectivity index (χ1v) is 11.2. The summed E-state index contributed by atoms with van der Waals surface area (Å²) in [6.07, 6.45) is -4.89. The Morgan fingerprint density at radius 3 is 1.56 bits per heavy atom. The van der Waals surface area contributed by atoms with Crippen molar-refractivity contribution >= 4 is 36.1 Å². The molecule has 34 heavy (non-hydrogen) atoms. The van der Waals surface area contributed by atoms with Crippen molar-refractivity contribution < 1.29 is 52.5 Å². The van der Waals surface area contributed by atoms with Gasteiger partial charge in [-0.25, -0.2) is 0 Å². The number of hydrogen-bond acceptors (Lipinski definition) is 12. The molecule has 4 atom stereocenters. The summed E-state index contributed by atoms with van der Waals surface area (Å²) in [6, 6.07) is 0. The SMILES string of the molecule is CCC(=O)OC[C@@H](OC(=O)CC)[C@@H](OC(=O)CC)[C@H](OC(=O)CC)[C@H](C=NOC)OC(=O)CC. The first-order valence-electron chi connectivity index (χ1n) is 11.2. The lowest BCUT2D eigenvalue weighted by molar-refractivity contribution is -0.200. The number of oxime groups is 1. The third kappa shape index (κ3) is 11.6. The fourth-order valence-corrected chi connectivity index (χ4v) is 2.41. The van der Waals surface area contributed by atoms with E-state index in [1.54, 1.807) is 13.8 Å². The van der Waals surface area contributed by atoms with Crippen molar-refractivity contribution in [2.75, 3.05) is 13.7 Å². The van der Waals surface area contributed by atoms with Gasteiger partial charge in [-0.1, -0.05) is 39.8 Å². The van der Waals surface area contributed by atoms with Crippen LogP contribution in [-0.4, -0.2) is 74.2 Å². The van der Waals surface area contributed by atoms with Crippen molar-refractivity contribution in [1.82, 2.24) is 0 Å². The van der Waals surface area contributed by atoms with E-state index in [-0.39, 0.29) is 32.1 Å². The van der Waals surface area contributed by atoms with Gasteiger partial charge >= 0.3 is 29.8 Å². The predicted octanol–water partition coefficient (Wildman–Crippen LogP) is 1.86. The van der Waals surface area contributed by atoms with E-state index in [0.717, 1.165) is 6.21 Å². The number of rotatable bonds is 16. The van der Waals surface area contributed by atoms with E-state index in [0.29, 0.717) is 0 Å². The number of nitrogens with zero attached hydrogens (tertiary/aromatic N) is 1. The van der Waals surface area contributed by atoms with E-state index in [9.17, 15) is 24.0 Å². The van der Waals surface area contributed by atoms with Crippen LogP contribution in [0.25, 0.3) is 0 Å². The Labute approximate surface area is 199 Å². The molecule has 0 aromatic carbocycles. The van der Waals surface area contributed by atoms with Gasteiger partial charge in [0.05, 0.1) is 6.21 Å². The molecule has 0 aromatic heterocycles. The third-order valence-corrected chi connectivity index (χ3v) is 4.26. The maximum atomic E-state index is 12.3. The zero-order valence-corrected chi connectivity index (χ0v) is 20.6. The van der Waals surface area contributed by atoms with E-state index >= 15 is 0 Å². The molecule has 0 aliphatic carbocycles. The van der Waals surface area contributed by atoms with E-state index in [1.807, 2.05) is 0 Å². The molecule has 0 aliphatic heterocycles. The van der Waals surface area contributed by atoms with E-state index in [2.05, 4.69) is 9.99 Å². The summed E-state index contributed by atoms with van der Waals surface area (Å²) in [6.45, 7) is 7.20. The minimum Gasteiger partial charge on any atom is -0.462 e. The summed E-state index contributed by atoms with van der Waals surface area (Å²) in [5.41, 5.74) is 0. The van der Waals surface area contributed by atoms with Gasteiger partial charge in [-0.15, -0.1) is 0 Å². The smallest absolute Gasteiger partial charge is 0.306 e. The molecule has 0 rings (SSSR count). The largest absolute Gasteiger partial charge is 0.462 e. The van der Waals surface area contributed by atoms with Crippen LogP contribution in [0.2, 0.25) is 0 Å². The van der Waals surface area contributed by atoms with Gasteiger partial charge in [0.1, 0.15) is 13.7 Å². The summed E-state index contributed by atoms with van der Waals surface area (Å²) in [7, 11) is 1.24.